The molecule has 0 spiro atoms. The van der Waals surface area contributed by atoms with Crippen molar-refractivity contribution in [3.63, 3.8) is 0 Å². The predicted molar refractivity (Wildman–Crippen MR) is 74.5 cm³/mol. The molecule has 0 saturated carbocycles. The lowest BCUT2D eigenvalue weighted by atomic mass is 10.2. The van der Waals surface area contributed by atoms with E-state index < -0.39 is 0 Å². The van der Waals surface area contributed by atoms with E-state index in [1.807, 2.05) is 0 Å². The second kappa shape index (κ2) is 5.30. The lowest BCUT2D eigenvalue weighted by Crippen LogP contribution is -1.88. The zero-order chi connectivity index (χ0) is 10.2. The average Bonchev–Trinajstić information content (AvgIpc) is 2.13. The summed E-state index contributed by atoms with van der Waals surface area (Å²) in [5.74, 6) is 0.450. The maximum absolute atomic E-state index is 5.82. The predicted octanol–water partition coefficient (Wildman–Crippen LogP) is 6.24. The van der Waals surface area contributed by atoms with Gasteiger partial charge < -0.3 is 0 Å². The van der Waals surface area contributed by atoms with Gasteiger partial charge in [-0.2, -0.15) is 0 Å². The monoisotopic (exact) mass is 516 g/mol. The minimum atomic E-state index is 0.450. The van der Waals surface area contributed by atoms with E-state index in [0.29, 0.717) is 5.88 Å². The standard InChI is InChI=1S/C7H2Br5Cl/c8-3-2(1-13)4(9)6(11)7(12)5(3)10/h1H2. The Hall–Kier alpha value is 1.91. The molecule has 0 unspecified atom stereocenters. The summed E-state index contributed by atoms with van der Waals surface area (Å²) in [7, 11) is 0. The summed E-state index contributed by atoms with van der Waals surface area (Å²) in [6.45, 7) is 0. The molecule has 1 aromatic rings. The minimum Gasteiger partial charge on any atom is -0.121 e. The Kier molecular flexibility index (Phi) is 5.29. The van der Waals surface area contributed by atoms with Crippen molar-refractivity contribution in [3.05, 3.63) is 27.9 Å². The molecule has 0 aliphatic heterocycles. The van der Waals surface area contributed by atoms with Gasteiger partial charge in [-0.3, -0.25) is 0 Å². The summed E-state index contributed by atoms with van der Waals surface area (Å²) < 4.78 is 4.80. The molecular formula is C7H2Br5Cl. The van der Waals surface area contributed by atoms with Crippen LogP contribution in [-0.4, -0.2) is 0 Å². The van der Waals surface area contributed by atoms with Crippen molar-refractivity contribution in [2.75, 3.05) is 0 Å². The van der Waals surface area contributed by atoms with E-state index in [4.69, 9.17) is 11.6 Å². The highest BCUT2D eigenvalue weighted by Gasteiger charge is 2.16. The molecule has 0 saturated heterocycles. The van der Waals surface area contributed by atoms with Gasteiger partial charge in [-0.1, -0.05) is 0 Å². The Morgan fingerprint density at radius 1 is 0.692 bits per heavy atom. The van der Waals surface area contributed by atoms with E-state index >= 15 is 0 Å². The first kappa shape index (κ1) is 13.0. The summed E-state index contributed by atoms with van der Waals surface area (Å²) in [5.41, 5.74) is 1.02. The summed E-state index contributed by atoms with van der Waals surface area (Å²) in [4.78, 5) is 0. The number of alkyl halides is 1. The van der Waals surface area contributed by atoms with Crippen LogP contribution in [0.1, 0.15) is 5.56 Å². The lowest BCUT2D eigenvalue weighted by Gasteiger charge is -2.10. The van der Waals surface area contributed by atoms with Crippen LogP contribution in [0.4, 0.5) is 0 Å². The Bertz CT molecular complexity index is 320. The fraction of sp³-hybridized carbons (Fsp3) is 0.143. The smallest absolute Gasteiger partial charge is 0.0497 e. The van der Waals surface area contributed by atoms with Gasteiger partial charge in [-0.15, -0.1) is 11.6 Å². The zero-order valence-corrected chi connectivity index (χ0v) is 14.7. The first-order chi connectivity index (χ1) is 6.00. The van der Waals surface area contributed by atoms with Crippen LogP contribution < -0.4 is 0 Å². The van der Waals surface area contributed by atoms with E-state index in [1.165, 1.54) is 0 Å². The molecular weight excluding hydrogens is 519 g/mol. The van der Waals surface area contributed by atoms with Crippen LogP contribution in [0.5, 0.6) is 0 Å². The van der Waals surface area contributed by atoms with Gasteiger partial charge in [0.2, 0.25) is 0 Å². The molecule has 0 amide bonds. The normalized spacial score (nSPS) is 10.6. The second-order valence-electron chi connectivity index (χ2n) is 2.18. The second-order valence-corrected chi connectivity index (χ2v) is 6.41. The Morgan fingerprint density at radius 2 is 1.00 bits per heavy atom. The number of rotatable bonds is 1. The maximum atomic E-state index is 5.82. The zero-order valence-electron chi connectivity index (χ0n) is 5.97. The topological polar surface area (TPSA) is 0 Å². The van der Waals surface area contributed by atoms with E-state index in [0.717, 1.165) is 27.9 Å². The van der Waals surface area contributed by atoms with Gasteiger partial charge in [0.05, 0.1) is 0 Å². The van der Waals surface area contributed by atoms with E-state index in [9.17, 15) is 0 Å². The molecule has 0 N–H and O–H groups in total. The van der Waals surface area contributed by atoms with Crippen molar-refractivity contribution in [1.82, 2.24) is 0 Å². The molecule has 0 fully saturated rings. The number of halogens is 6. The molecule has 72 valence electrons. The average molecular weight is 521 g/mol. The summed E-state index contributed by atoms with van der Waals surface area (Å²) in [6, 6.07) is 0. The fourth-order valence-electron chi connectivity index (χ4n) is 0.768. The van der Waals surface area contributed by atoms with Crippen LogP contribution >= 0.6 is 91.3 Å². The molecule has 0 nitrogen and oxygen atoms in total. The van der Waals surface area contributed by atoms with Crippen LogP contribution in [0.2, 0.25) is 0 Å². The molecule has 0 aromatic heterocycles. The number of hydrogen-bond donors (Lipinski definition) is 0. The van der Waals surface area contributed by atoms with Crippen molar-refractivity contribution in [2.24, 2.45) is 0 Å². The number of hydrogen-bond acceptors (Lipinski definition) is 0. The largest absolute Gasteiger partial charge is 0.121 e. The summed E-state index contributed by atoms with van der Waals surface area (Å²) >= 11 is 23.1. The third-order valence-electron chi connectivity index (χ3n) is 1.43. The van der Waals surface area contributed by atoms with E-state index in [1.54, 1.807) is 0 Å². The minimum absolute atomic E-state index is 0.450. The highest BCUT2D eigenvalue weighted by molar-refractivity contribution is 9.15. The van der Waals surface area contributed by atoms with Crippen molar-refractivity contribution >= 4 is 91.3 Å². The summed E-state index contributed by atoms with van der Waals surface area (Å²) in [5, 5.41) is 0. The first-order valence-electron chi connectivity index (χ1n) is 3.07. The van der Waals surface area contributed by atoms with Crippen LogP contribution in [0, 0.1) is 0 Å². The molecule has 0 heterocycles. The SMILES string of the molecule is ClCc1c(Br)c(Br)c(Br)c(Br)c1Br. The molecule has 0 aliphatic rings. The van der Waals surface area contributed by atoms with Gasteiger partial charge in [0.1, 0.15) is 0 Å². The van der Waals surface area contributed by atoms with Crippen molar-refractivity contribution in [1.29, 1.82) is 0 Å². The first-order valence-corrected chi connectivity index (χ1v) is 7.57. The highest BCUT2D eigenvalue weighted by Crippen LogP contribution is 2.44. The van der Waals surface area contributed by atoms with Gasteiger partial charge in [0, 0.05) is 28.2 Å². The van der Waals surface area contributed by atoms with Crippen LogP contribution in [0.3, 0.4) is 0 Å². The third-order valence-corrected chi connectivity index (χ3v) is 7.96. The van der Waals surface area contributed by atoms with E-state index in [-0.39, 0.29) is 0 Å². The molecule has 0 aliphatic carbocycles. The lowest BCUT2D eigenvalue weighted by molar-refractivity contribution is 1.29. The van der Waals surface area contributed by atoms with Gasteiger partial charge in [-0.05, 0) is 85.2 Å². The van der Waals surface area contributed by atoms with Gasteiger partial charge in [-0.25, -0.2) is 0 Å². The summed E-state index contributed by atoms with van der Waals surface area (Å²) in [6.07, 6.45) is 0. The fourth-order valence-corrected chi connectivity index (χ4v) is 4.77. The van der Waals surface area contributed by atoms with Crippen molar-refractivity contribution in [2.45, 2.75) is 5.88 Å². The Morgan fingerprint density at radius 3 is 1.31 bits per heavy atom. The van der Waals surface area contributed by atoms with Crippen molar-refractivity contribution in [3.8, 4) is 0 Å². The van der Waals surface area contributed by atoms with Crippen LogP contribution in [0.25, 0.3) is 0 Å². The Labute approximate surface area is 123 Å². The van der Waals surface area contributed by atoms with Crippen LogP contribution in [0.15, 0.2) is 22.4 Å². The molecule has 0 atom stereocenters. The van der Waals surface area contributed by atoms with Crippen molar-refractivity contribution < 1.29 is 0 Å². The highest BCUT2D eigenvalue weighted by atomic mass is 79.9. The molecule has 13 heavy (non-hydrogen) atoms. The van der Waals surface area contributed by atoms with Gasteiger partial charge >= 0.3 is 0 Å². The van der Waals surface area contributed by atoms with Gasteiger partial charge in [0.15, 0.2) is 0 Å². The third kappa shape index (κ3) is 2.53. The van der Waals surface area contributed by atoms with Crippen LogP contribution in [-0.2, 0) is 5.88 Å². The molecule has 0 bridgehead atoms. The maximum Gasteiger partial charge on any atom is 0.0497 e. The van der Waals surface area contributed by atoms with Gasteiger partial charge in [0.25, 0.3) is 0 Å². The molecule has 0 radical (unpaired) electrons. The quantitative estimate of drug-likeness (QED) is 0.234. The number of benzene rings is 1. The Balaban J connectivity index is 3.56. The molecule has 1 aromatic carbocycles. The van der Waals surface area contributed by atoms with E-state index in [2.05, 4.69) is 79.6 Å². The molecule has 1 rings (SSSR count). The molecule has 6 heteroatoms.